The second-order valence-electron chi connectivity index (χ2n) is 5.19. The summed E-state index contributed by atoms with van der Waals surface area (Å²) in [5, 5.41) is 3.87. The van der Waals surface area contributed by atoms with Crippen LogP contribution in [0.25, 0.3) is 0 Å². The molecule has 1 N–H and O–H groups in total. The fraction of sp³-hybridized carbons (Fsp3) is 1.00. The minimum Gasteiger partial charge on any atom is -0.381 e. The average Bonchev–Trinajstić information content (AvgIpc) is 2.85. The number of nitrogens with zero attached hydrogens (tertiary/aromatic N) is 1. The lowest BCUT2D eigenvalue weighted by molar-refractivity contribution is 0.0736. The van der Waals surface area contributed by atoms with Gasteiger partial charge in [-0.2, -0.15) is 0 Å². The fourth-order valence-electron chi connectivity index (χ4n) is 3.44. The first-order chi connectivity index (χ1) is 7.43. The molecule has 0 spiro atoms. The van der Waals surface area contributed by atoms with Crippen LogP contribution in [0.1, 0.15) is 32.1 Å². The second kappa shape index (κ2) is 4.40. The van der Waals surface area contributed by atoms with Crippen molar-refractivity contribution in [2.24, 2.45) is 0 Å². The summed E-state index contributed by atoms with van der Waals surface area (Å²) in [5.41, 5.74) is 0. The third-order valence-corrected chi connectivity index (χ3v) is 4.28. The molecule has 86 valence electrons. The molecule has 3 heteroatoms. The molecule has 2 atom stereocenters. The van der Waals surface area contributed by atoms with E-state index in [4.69, 9.17) is 4.74 Å². The topological polar surface area (TPSA) is 24.5 Å². The summed E-state index contributed by atoms with van der Waals surface area (Å²) >= 11 is 0. The largest absolute Gasteiger partial charge is 0.381 e. The van der Waals surface area contributed by atoms with E-state index in [1.165, 1.54) is 45.2 Å². The Balaban J connectivity index is 1.54. The van der Waals surface area contributed by atoms with Crippen molar-refractivity contribution in [3.05, 3.63) is 0 Å². The number of nitrogens with one attached hydrogen (secondary N) is 1. The van der Waals surface area contributed by atoms with Gasteiger partial charge in [-0.15, -0.1) is 0 Å². The van der Waals surface area contributed by atoms with E-state index in [9.17, 15) is 0 Å². The Labute approximate surface area is 92.2 Å². The highest BCUT2D eigenvalue weighted by Gasteiger charge is 2.37. The summed E-state index contributed by atoms with van der Waals surface area (Å²) in [4.78, 5) is 2.68. The van der Waals surface area contributed by atoms with Gasteiger partial charge in [0.05, 0.1) is 0 Å². The van der Waals surface area contributed by atoms with Crippen LogP contribution >= 0.6 is 0 Å². The van der Waals surface area contributed by atoms with E-state index in [-0.39, 0.29) is 0 Å². The lowest BCUT2D eigenvalue weighted by Gasteiger charge is -2.29. The van der Waals surface area contributed by atoms with Crippen LogP contribution in [0.5, 0.6) is 0 Å². The molecule has 3 fully saturated rings. The van der Waals surface area contributed by atoms with E-state index >= 15 is 0 Å². The predicted octanol–water partition coefficient (Wildman–Crippen LogP) is 0.992. The summed E-state index contributed by atoms with van der Waals surface area (Å²) in [6.07, 6.45) is 6.62. The van der Waals surface area contributed by atoms with Crippen LogP contribution in [0.15, 0.2) is 0 Å². The molecule has 0 aliphatic carbocycles. The molecule has 3 rings (SSSR count). The van der Waals surface area contributed by atoms with E-state index in [2.05, 4.69) is 10.2 Å². The van der Waals surface area contributed by atoms with Gasteiger partial charge in [0.15, 0.2) is 0 Å². The van der Waals surface area contributed by atoms with E-state index in [0.29, 0.717) is 0 Å². The molecule has 3 nitrogen and oxygen atoms in total. The van der Waals surface area contributed by atoms with Gasteiger partial charge >= 0.3 is 0 Å². The van der Waals surface area contributed by atoms with E-state index in [0.717, 1.165) is 31.3 Å². The zero-order valence-corrected chi connectivity index (χ0v) is 9.45. The van der Waals surface area contributed by atoms with Gasteiger partial charge in [-0.25, -0.2) is 0 Å². The SMILES string of the molecule is C1CC2C(NC3CCOCC3)CCN2C1. The molecule has 15 heavy (non-hydrogen) atoms. The van der Waals surface area contributed by atoms with Crippen molar-refractivity contribution < 1.29 is 4.74 Å². The molecule has 3 aliphatic rings. The summed E-state index contributed by atoms with van der Waals surface area (Å²) in [6.45, 7) is 4.58. The van der Waals surface area contributed by atoms with Gasteiger partial charge in [-0.1, -0.05) is 0 Å². The van der Waals surface area contributed by atoms with Crippen molar-refractivity contribution in [3.8, 4) is 0 Å². The molecule has 0 radical (unpaired) electrons. The number of fused-ring (bicyclic) bond motifs is 1. The number of rotatable bonds is 2. The number of hydrogen-bond donors (Lipinski definition) is 1. The standard InChI is InChI=1S/C12H22N2O/c1-2-12-11(3-7-14(12)6-1)13-10-4-8-15-9-5-10/h10-13H,1-9H2. The Hall–Kier alpha value is -0.120. The van der Waals surface area contributed by atoms with Crippen LogP contribution in [0.4, 0.5) is 0 Å². The third-order valence-electron chi connectivity index (χ3n) is 4.28. The van der Waals surface area contributed by atoms with Crippen molar-refractivity contribution in [2.45, 2.75) is 50.2 Å². The first kappa shape index (κ1) is 10.1. The minimum absolute atomic E-state index is 0.726. The van der Waals surface area contributed by atoms with Crippen molar-refractivity contribution in [1.29, 1.82) is 0 Å². The lowest BCUT2D eigenvalue weighted by Crippen LogP contribution is -2.46. The van der Waals surface area contributed by atoms with Gasteiger partial charge in [0.2, 0.25) is 0 Å². The number of ether oxygens (including phenoxy) is 1. The summed E-state index contributed by atoms with van der Waals surface area (Å²) in [6, 6.07) is 2.35. The van der Waals surface area contributed by atoms with Crippen LogP contribution < -0.4 is 5.32 Å². The van der Waals surface area contributed by atoms with Crippen molar-refractivity contribution in [1.82, 2.24) is 10.2 Å². The van der Waals surface area contributed by atoms with Crippen molar-refractivity contribution in [3.63, 3.8) is 0 Å². The van der Waals surface area contributed by atoms with Crippen LogP contribution in [0, 0.1) is 0 Å². The molecule has 3 saturated heterocycles. The summed E-state index contributed by atoms with van der Waals surface area (Å²) in [5.74, 6) is 0. The smallest absolute Gasteiger partial charge is 0.0480 e. The fourth-order valence-corrected chi connectivity index (χ4v) is 3.44. The van der Waals surface area contributed by atoms with Gasteiger partial charge in [0, 0.05) is 37.9 Å². The number of hydrogen-bond acceptors (Lipinski definition) is 3. The van der Waals surface area contributed by atoms with Crippen LogP contribution in [-0.4, -0.2) is 49.3 Å². The van der Waals surface area contributed by atoms with Crippen LogP contribution in [0.3, 0.4) is 0 Å². The zero-order valence-electron chi connectivity index (χ0n) is 9.45. The molecule has 0 amide bonds. The van der Waals surface area contributed by atoms with Gasteiger partial charge in [0.25, 0.3) is 0 Å². The maximum Gasteiger partial charge on any atom is 0.0480 e. The molecular formula is C12H22N2O. The van der Waals surface area contributed by atoms with Crippen LogP contribution in [0.2, 0.25) is 0 Å². The summed E-state index contributed by atoms with van der Waals surface area (Å²) < 4.78 is 5.40. The Kier molecular flexibility index (Phi) is 2.95. The van der Waals surface area contributed by atoms with Crippen molar-refractivity contribution >= 4 is 0 Å². The highest BCUT2D eigenvalue weighted by Crippen LogP contribution is 2.28. The second-order valence-corrected chi connectivity index (χ2v) is 5.19. The normalized spacial score (nSPS) is 38.4. The zero-order chi connectivity index (χ0) is 10.1. The predicted molar refractivity (Wildman–Crippen MR) is 60.0 cm³/mol. The minimum atomic E-state index is 0.726. The molecule has 0 bridgehead atoms. The third kappa shape index (κ3) is 2.05. The molecular weight excluding hydrogens is 188 g/mol. The van der Waals surface area contributed by atoms with E-state index < -0.39 is 0 Å². The van der Waals surface area contributed by atoms with Gasteiger partial charge in [-0.3, -0.25) is 4.90 Å². The Morgan fingerprint density at radius 2 is 1.87 bits per heavy atom. The quantitative estimate of drug-likeness (QED) is 0.735. The molecule has 0 aromatic carbocycles. The van der Waals surface area contributed by atoms with Crippen LogP contribution in [-0.2, 0) is 4.74 Å². The maximum absolute atomic E-state index is 5.40. The molecule has 3 aliphatic heterocycles. The molecule has 0 saturated carbocycles. The lowest BCUT2D eigenvalue weighted by atomic mass is 10.0. The highest BCUT2D eigenvalue weighted by molar-refractivity contribution is 4.96. The van der Waals surface area contributed by atoms with Crippen molar-refractivity contribution in [2.75, 3.05) is 26.3 Å². The molecule has 0 aromatic rings. The van der Waals surface area contributed by atoms with Gasteiger partial charge in [-0.05, 0) is 38.6 Å². The average molecular weight is 210 g/mol. The monoisotopic (exact) mass is 210 g/mol. The van der Waals surface area contributed by atoms with E-state index in [1.54, 1.807) is 0 Å². The van der Waals surface area contributed by atoms with Gasteiger partial charge in [0.1, 0.15) is 0 Å². The van der Waals surface area contributed by atoms with Gasteiger partial charge < -0.3 is 10.1 Å². The Morgan fingerprint density at radius 1 is 1.00 bits per heavy atom. The highest BCUT2D eigenvalue weighted by atomic mass is 16.5. The van der Waals surface area contributed by atoms with E-state index in [1.807, 2.05) is 0 Å². The molecule has 0 aromatic heterocycles. The first-order valence-electron chi connectivity index (χ1n) is 6.51. The Morgan fingerprint density at radius 3 is 2.73 bits per heavy atom. The summed E-state index contributed by atoms with van der Waals surface area (Å²) in [7, 11) is 0. The maximum atomic E-state index is 5.40. The first-order valence-corrected chi connectivity index (χ1v) is 6.51. The molecule has 3 heterocycles. The Bertz CT molecular complexity index is 216. The molecule has 2 unspecified atom stereocenters.